The van der Waals surface area contributed by atoms with Crippen LogP contribution in [-0.4, -0.2) is 37.6 Å². The summed E-state index contributed by atoms with van der Waals surface area (Å²) in [7, 11) is 0. The van der Waals surface area contributed by atoms with Crippen molar-refractivity contribution < 1.29 is 9.90 Å². The van der Waals surface area contributed by atoms with Gasteiger partial charge in [0.2, 0.25) is 0 Å². The summed E-state index contributed by atoms with van der Waals surface area (Å²) < 4.78 is 0. The van der Waals surface area contributed by atoms with Crippen LogP contribution in [0.3, 0.4) is 0 Å². The number of carboxylic acid groups (broad SMARTS) is 1. The molecule has 55 heavy (non-hydrogen) atoms. The number of hydrogen-bond acceptors (Lipinski definition) is 6. The van der Waals surface area contributed by atoms with Crippen molar-refractivity contribution in [2.24, 2.45) is 20.0 Å². The van der Waals surface area contributed by atoms with Gasteiger partial charge in [0.25, 0.3) is 0 Å². The first-order valence-electron chi connectivity index (χ1n) is 19.4. The Morgan fingerprint density at radius 3 is 1.36 bits per heavy atom. The Morgan fingerprint density at radius 1 is 0.455 bits per heavy atom. The third-order valence-corrected chi connectivity index (χ3v) is 10.6. The molecule has 11 heteroatoms. The molecule has 0 spiro atoms. The van der Waals surface area contributed by atoms with Crippen molar-refractivity contribution in [2.75, 3.05) is 11.9 Å². The Labute approximate surface area is 316 Å². The molecule has 0 saturated heterocycles. The Balaban J connectivity index is 1.10. The number of aromatic nitrogens is 4. The highest BCUT2D eigenvalue weighted by Crippen LogP contribution is 2.39. The lowest BCUT2D eigenvalue weighted by molar-refractivity contribution is -0.137. The number of carbonyl (C=O) groups is 1. The van der Waals surface area contributed by atoms with Gasteiger partial charge in [-0.25, -0.2) is 20.0 Å². The molecule has 8 bridgehead atoms. The summed E-state index contributed by atoms with van der Waals surface area (Å²) in [5, 5.41) is 20.3. The lowest BCUT2D eigenvalue weighted by atomic mass is 10.1. The number of H-pyrrole nitrogens is 4. The molecule has 0 unspecified atom stereocenters. The molecule has 8 aromatic rings. The molecule has 11 nitrogen and oxygen atoms in total. The van der Waals surface area contributed by atoms with Crippen molar-refractivity contribution in [3.05, 3.63) is 113 Å². The topological polar surface area (TPSA) is 162 Å². The highest BCUT2D eigenvalue weighted by molar-refractivity contribution is 6.07. The average molecular weight is 730 g/mol. The average Bonchev–Trinajstić information content (AvgIpc) is 3.94. The zero-order chi connectivity index (χ0) is 37.1. The second-order valence-electron chi connectivity index (χ2n) is 14.4. The fourth-order valence-corrected chi connectivity index (χ4v) is 7.83. The van der Waals surface area contributed by atoms with Crippen molar-refractivity contribution >= 4 is 78.0 Å². The molecule has 0 radical (unpaired) electrons. The van der Waals surface area contributed by atoms with E-state index >= 15 is 0 Å². The molecule has 6 N–H and O–H groups in total. The lowest BCUT2D eigenvalue weighted by Crippen LogP contribution is -2.10. The smallest absolute Gasteiger partial charge is 0.303 e. The Bertz CT molecular complexity index is 2940. The minimum Gasteiger partial charge on any atom is -0.481 e. The van der Waals surface area contributed by atoms with Crippen LogP contribution in [0.15, 0.2) is 111 Å². The zero-order valence-corrected chi connectivity index (χ0v) is 30.6. The van der Waals surface area contributed by atoms with E-state index in [1.54, 1.807) is 0 Å². The van der Waals surface area contributed by atoms with Gasteiger partial charge in [0.1, 0.15) is 45.2 Å². The van der Waals surface area contributed by atoms with E-state index in [0.717, 1.165) is 87.4 Å². The van der Waals surface area contributed by atoms with E-state index in [9.17, 15) is 4.79 Å². The molecule has 5 heterocycles. The fraction of sp³-hybridized carbons (Fsp3) is 0.250. The van der Waals surface area contributed by atoms with E-state index in [1.807, 2.05) is 36.4 Å². The molecule has 1 aliphatic rings. The summed E-state index contributed by atoms with van der Waals surface area (Å²) in [6, 6.07) is 30.9. The molecule has 0 fully saturated rings. The summed E-state index contributed by atoms with van der Waals surface area (Å²) in [4.78, 5) is 45.8. The minimum absolute atomic E-state index is 0.281. The van der Waals surface area contributed by atoms with Crippen LogP contribution in [0.25, 0.3) is 43.1 Å². The Hall–Kier alpha value is -6.49. The SMILES string of the molecule is O=C(O)CCCCCCCCCCCNc1cccc2c3[nH]c(c12)N=c1[nH]c(c2ccccc12)=Nc1[nH]c(c2ccccc12)N=c1[nH]c(c2ccccc12)=N3. The van der Waals surface area contributed by atoms with Gasteiger partial charge in [-0.2, -0.15) is 0 Å². The van der Waals surface area contributed by atoms with Gasteiger partial charge in [-0.1, -0.05) is 130 Å². The van der Waals surface area contributed by atoms with E-state index in [4.69, 9.17) is 25.1 Å². The van der Waals surface area contributed by atoms with Gasteiger partial charge in [-0.3, -0.25) is 4.79 Å². The molecule has 0 aliphatic carbocycles. The molecule has 1 aliphatic heterocycles. The van der Waals surface area contributed by atoms with E-state index in [2.05, 4.69) is 79.9 Å². The third kappa shape index (κ3) is 6.89. The summed E-state index contributed by atoms with van der Waals surface area (Å²) in [6.45, 7) is 0.845. The van der Waals surface area contributed by atoms with Gasteiger partial charge < -0.3 is 30.4 Å². The van der Waals surface area contributed by atoms with Gasteiger partial charge in [0, 0.05) is 56.4 Å². The van der Waals surface area contributed by atoms with E-state index in [-0.39, 0.29) is 6.42 Å². The number of benzene rings is 4. The van der Waals surface area contributed by atoms with E-state index < -0.39 is 5.97 Å². The minimum atomic E-state index is -0.696. The lowest BCUT2D eigenvalue weighted by Gasteiger charge is -2.08. The van der Waals surface area contributed by atoms with Gasteiger partial charge in [0.15, 0.2) is 0 Å². The van der Waals surface area contributed by atoms with Gasteiger partial charge in [-0.05, 0) is 18.9 Å². The first-order valence-corrected chi connectivity index (χ1v) is 19.4. The van der Waals surface area contributed by atoms with Crippen LogP contribution in [0.4, 0.5) is 29.0 Å². The maximum Gasteiger partial charge on any atom is 0.303 e. The molecule has 4 aromatic carbocycles. The van der Waals surface area contributed by atoms with Gasteiger partial charge >= 0.3 is 5.97 Å². The largest absolute Gasteiger partial charge is 0.481 e. The summed E-state index contributed by atoms with van der Waals surface area (Å²) in [5.74, 6) is 2.15. The van der Waals surface area contributed by atoms with Crippen LogP contribution in [0.1, 0.15) is 64.2 Å². The molecular formula is C44H43N9O2. The molecule has 0 atom stereocenters. The Morgan fingerprint density at radius 2 is 0.855 bits per heavy atom. The first-order chi connectivity index (χ1) is 27.1. The maximum absolute atomic E-state index is 10.7. The molecule has 9 rings (SSSR count). The third-order valence-electron chi connectivity index (χ3n) is 10.6. The predicted octanol–water partition coefficient (Wildman–Crippen LogP) is 9.13. The number of aromatic amines is 4. The highest BCUT2D eigenvalue weighted by atomic mass is 16.4. The summed E-state index contributed by atoms with van der Waals surface area (Å²) in [6.07, 6.45) is 10.2. The summed E-state index contributed by atoms with van der Waals surface area (Å²) >= 11 is 0. The highest BCUT2D eigenvalue weighted by Gasteiger charge is 2.17. The number of unbranched alkanes of at least 4 members (excludes halogenated alkanes) is 8. The number of aliphatic carboxylic acids is 1. The normalized spacial score (nSPS) is 12.4. The second kappa shape index (κ2) is 15.1. The Kier molecular flexibility index (Phi) is 9.41. The van der Waals surface area contributed by atoms with Crippen LogP contribution >= 0.6 is 0 Å². The fourth-order valence-electron chi connectivity index (χ4n) is 7.83. The van der Waals surface area contributed by atoms with Gasteiger partial charge in [-0.15, -0.1) is 0 Å². The van der Waals surface area contributed by atoms with Gasteiger partial charge in [0.05, 0.1) is 5.39 Å². The van der Waals surface area contributed by atoms with E-state index in [0.29, 0.717) is 45.2 Å². The number of carboxylic acids is 1. The zero-order valence-electron chi connectivity index (χ0n) is 30.6. The maximum atomic E-state index is 10.7. The number of nitrogens with zero attached hydrogens (tertiary/aromatic N) is 4. The van der Waals surface area contributed by atoms with Crippen molar-refractivity contribution in [1.29, 1.82) is 0 Å². The number of anilines is 1. The quantitative estimate of drug-likeness (QED) is 0.0654. The molecule has 276 valence electrons. The number of rotatable bonds is 13. The summed E-state index contributed by atoms with van der Waals surface area (Å²) in [5.41, 5.74) is 3.85. The van der Waals surface area contributed by atoms with Crippen LogP contribution in [-0.2, 0) is 4.79 Å². The van der Waals surface area contributed by atoms with Crippen LogP contribution in [0.5, 0.6) is 0 Å². The molecule has 0 amide bonds. The molecular weight excluding hydrogens is 687 g/mol. The van der Waals surface area contributed by atoms with Crippen LogP contribution in [0.2, 0.25) is 0 Å². The monoisotopic (exact) mass is 729 g/mol. The predicted molar refractivity (Wildman–Crippen MR) is 219 cm³/mol. The number of hydrogen-bond donors (Lipinski definition) is 6. The first kappa shape index (κ1) is 34.3. The van der Waals surface area contributed by atoms with Crippen molar-refractivity contribution in [2.45, 2.75) is 64.2 Å². The van der Waals surface area contributed by atoms with E-state index in [1.165, 1.54) is 25.7 Å². The van der Waals surface area contributed by atoms with Crippen LogP contribution < -0.4 is 27.3 Å². The molecule has 0 saturated carbocycles. The molecule has 4 aromatic heterocycles. The van der Waals surface area contributed by atoms with Crippen molar-refractivity contribution in [3.8, 4) is 0 Å². The van der Waals surface area contributed by atoms with Crippen molar-refractivity contribution in [1.82, 2.24) is 19.9 Å². The number of fused-ring (bicyclic) bond motifs is 20. The second-order valence-corrected chi connectivity index (χ2v) is 14.4. The van der Waals surface area contributed by atoms with Crippen LogP contribution in [0, 0.1) is 0 Å². The standard InChI is InChI=1S/C44H43N9O2/c54-35(55)25-8-6-4-2-1-3-5-7-15-26-45-34-24-16-23-33-36(34)44-52-42-32-22-14-13-21-31(32)40(50-42)48-38-28-18-10-9-17-27(28)37(46-38)47-39-29-19-11-12-20-30(29)41(49-39)51-43(33)53-44/h9-14,16-24,45H,1-8,15,25-26H2,(H,54,55)(H4,46,47,48,49,50,51,52,53). The van der Waals surface area contributed by atoms with Crippen molar-refractivity contribution in [3.63, 3.8) is 0 Å². The number of nitrogens with one attached hydrogen (secondary N) is 5.